The number of hydrogen-bond acceptors (Lipinski definition) is 4. The molecule has 0 spiro atoms. The fraction of sp³-hybridized carbons (Fsp3) is 0.625. The lowest BCUT2D eigenvalue weighted by molar-refractivity contribution is 0.0245. The molecule has 1 aliphatic carbocycles. The minimum absolute atomic E-state index is 0.0184. The third-order valence-electron chi connectivity index (χ3n) is 4.14. The Balaban J connectivity index is 1.73. The van der Waals surface area contributed by atoms with Gasteiger partial charge >= 0.3 is 0 Å². The van der Waals surface area contributed by atoms with Crippen molar-refractivity contribution < 1.29 is 14.2 Å². The quantitative estimate of drug-likeness (QED) is 0.897. The van der Waals surface area contributed by atoms with E-state index in [1.807, 2.05) is 6.07 Å². The van der Waals surface area contributed by atoms with E-state index in [9.17, 15) is 0 Å². The second-order valence-electron chi connectivity index (χ2n) is 5.95. The van der Waals surface area contributed by atoms with Gasteiger partial charge in [0.15, 0.2) is 11.5 Å². The van der Waals surface area contributed by atoms with Gasteiger partial charge in [-0.2, -0.15) is 0 Å². The Morgan fingerprint density at radius 2 is 2.00 bits per heavy atom. The number of hydrogen-bond donors (Lipinski definition) is 1. The summed E-state index contributed by atoms with van der Waals surface area (Å²) in [6, 6.07) is 6.15. The lowest BCUT2D eigenvalue weighted by Crippen LogP contribution is -2.26. The van der Waals surface area contributed by atoms with Crippen molar-refractivity contribution in [2.45, 2.75) is 43.7 Å². The highest BCUT2D eigenvalue weighted by molar-refractivity contribution is 5.44. The molecule has 0 atom stereocenters. The molecule has 1 saturated heterocycles. The summed E-state index contributed by atoms with van der Waals surface area (Å²) < 4.78 is 16.9. The van der Waals surface area contributed by atoms with Gasteiger partial charge in [-0.05, 0) is 37.0 Å². The molecule has 0 bridgehead atoms. The molecule has 4 heteroatoms. The number of methoxy groups -OCH3 is 1. The van der Waals surface area contributed by atoms with Crippen molar-refractivity contribution in [3.05, 3.63) is 23.8 Å². The molecule has 3 rings (SSSR count). The van der Waals surface area contributed by atoms with Crippen LogP contribution in [-0.2, 0) is 11.2 Å². The summed E-state index contributed by atoms with van der Waals surface area (Å²) in [4.78, 5) is 0. The van der Waals surface area contributed by atoms with Gasteiger partial charge in [0.2, 0.25) is 0 Å². The molecule has 0 aromatic heterocycles. The maximum atomic E-state index is 6.19. The van der Waals surface area contributed by atoms with Gasteiger partial charge < -0.3 is 19.9 Å². The first-order valence-corrected chi connectivity index (χ1v) is 7.39. The molecular formula is C16H23NO3. The second-order valence-corrected chi connectivity index (χ2v) is 5.95. The Morgan fingerprint density at radius 1 is 1.25 bits per heavy atom. The van der Waals surface area contributed by atoms with Crippen molar-refractivity contribution in [1.82, 2.24) is 0 Å². The van der Waals surface area contributed by atoms with Crippen LogP contribution in [0.1, 0.15) is 31.2 Å². The monoisotopic (exact) mass is 277 g/mol. The first-order chi connectivity index (χ1) is 9.68. The predicted octanol–water partition coefficient (Wildman–Crippen LogP) is 2.29. The number of rotatable bonds is 5. The highest BCUT2D eigenvalue weighted by atomic mass is 16.5. The summed E-state index contributed by atoms with van der Waals surface area (Å²) in [6.07, 6.45) is 5.26. The Hall–Kier alpha value is -1.26. The molecule has 1 saturated carbocycles. The van der Waals surface area contributed by atoms with Crippen LogP contribution in [0.25, 0.3) is 0 Å². The number of ether oxygens (including phenoxy) is 3. The molecule has 0 radical (unpaired) electrons. The Kier molecular flexibility index (Phi) is 3.85. The fourth-order valence-corrected chi connectivity index (χ4v) is 2.64. The van der Waals surface area contributed by atoms with E-state index in [4.69, 9.17) is 19.9 Å². The van der Waals surface area contributed by atoms with E-state index in [-0.39, 0.29) is 11.6 Å². The van der Waals surface area contributed by atoms with Crippen molar-refractivity contribution in [1.29, 1.82) is 0 Å². The second kappa shape index (κ2) is 5.62. The molecule has 2 aliphatic rings. The van der Waals surface area contributed by atoms with Crippen LogP contribution in [0.15, 0.2) is 18.2 Å². The zero-order valence-corrected chi connectivity index (χ0v) is 12.1. The van der Waals surface area contributed by atoms with Gasteiger partial charge in [-0.3, -0.25) is 0 Å². The van der Waals surface area contributed by atoms with Gasteiger partial charge in [0.25, 0.3) is 0 Å². The minimum Gasteiger partial charge on any atom is -0.493 e. The van der Waals surface area contributed by atoms with Gasteiger partial charge in [0.05, 0.1) is 20.3 Å². The maximum Gasteiger partial charge on any atom is 0.161 e. The summed E-state index contributed by atoms with van der Waals surface area (Å²) in [7, 11) is 1.68. The standard InChI is InChI=1S/C16H23NO3/c1-18-14-3-2-12(11-16(17)6-7-16)10-15(14)20-13-4-8-19-9-5-13/h2-3,10,13H,4-9,11,17H2,1H3. The maximum absolute atomic E-state index is 6.19. The van der Waals surface area contributed by atoms with Gasteiger partial charge in [-0.1, -0.05) is 6.07 Å². The van der Waals surface area contributed by atoms with Crippen molar-refractivity contribution in [3.63, 3.8) is 0 Å². The van der Waals surface area contributed by atoms with Crippen LogP contribution in [0, 0.1) is 0 Å². The van der Waals surface area contributed by atoms with E-state index in [0.717, 1.165) is 56.8 Å². The van der Waals surface area contributed by atoms with E-state index >= 15 is 0 Å². The van der Waals surface area contributed by atoms with Crippen LogP contribution in [0.3, 0.4) is 0 Å². The van der Waals surface area contributed by atoms with Crippen molar-refractivity contribution in [2.75, 3.05) is 20.3 Å². The van der Waals surface area contributed by atoms with Gasteiger partial charge in [-0.25, -0.2) is 0 Å². The lowest BCUT2D eigenvalue weighted by atomic mass is 10.0. The smallest absolute Gasteiger partial charge is 0.161 e. The van der Waals surface area contributed by atoms with Gasteiger partial charge in [-0.15, -0.1) is 0 Å². The highest BCUT2D eigenvalue weighted by Crippen LogP contribution is 2.38. The van der Waals surface area contributed by atoms with Crippen molar-refractivity contribution in [3.8, 4) is 11.5 Å². The summed E-state index contributed by atoms with van der Waals surface area (Å²) in [5, 5.41) is 0. The summed E-state index contributed by atoms with van der Waals surface area (Å²) >= 11 is 0. The lowest BCUT2D eigenvalue weighted by Gasteiger charge is -2.24. The van der Waals surface area contributed by atoms with Gasteiger partial charge in [0, 0.05) is 18.4 Å². The Labute approximate surface area is 120 Å². The third-order valence-corrected chi connectivity index (χ3v) is 4.14. The molecule has 4 nitrogen and oxygen atoms in total. The van der Waals surface area contributed by atoms with E-state index in [0.29, 0.717) is 0 Å². The van der Waals surface area contributed by atoms with Crippen LogP contribution in [0.5, 0.6) is 11.5 Å². The summed E-state index contributed by atoms with van der Waals surface area (Å²) in [6.45, 7) is 1.55. The van der Waals surface area contributed by atoms with E-state index in [2.05, 4.69) is 12.1 Å². The van der Waals surface area contributed by atoms with Crippen LogP contribution < -0.4 is 15.2 Å². The Bertz CT molecular complexity index is 465. The summed E-state index contributed by atoms with van der Waals surface area (Å²) in [5.41, 5.74) is 7.44. The molecule has 2 fully saturated rings. The molecular weight excluding hydrogens is 254 g/mol. The topological polar surface area (TPSA) is 53.7 Å². The molecule has 0 amide bonds. The van der Waals surface area contributed by atoms with Gasteiger partial charge in [0.1, 0.15) is 6.10 Å². The fourth-order valence-electron chi connectivity index (χ4n) is 2.64. The van der Waals surface area contributed by atoms with Crippen molar-refractivity contribution >= 4 is 0 Å². The van der Waals surface area contributed by atoms with E-state index in [1.54, 1.807) is 7.11 Å². The zero-order chi connectivity index (χ0) is 14.0. The molecule has 1 aromatic rings. The SMILES string of the molecule is COc1ccc(CC2(N)CC2)cc1OC1CCOCC1. The molecule has 1 aliphatic heterocycles. The molecule has 2 N–H and O–H groups in total. The van der Waals surface area contributed by atoms with Crippen molar-refractivity contribution in [2.24, 2.45) is 5.73 Å². The molecule has 1 heterocycles. The normalized spacial score (nSPS) is 21.5. The Morgan fingerprint density at radius 3 is 2.65 bits per heavy atom. The molecule has 1 aromatic carbocycles. The average molecular weight is 277 g/mol. The third kappa shape index (κ3) is 3.25. The van der Waals surface area contributed by atoms with E-state index in [1.165, 1.54) is 5.56 Å². The molecule has 110 valence electrons. The van der Waals surface area contributed by atoms with Crippen LogP contribution >= 0.6 is 0 Å². The van der Waals surface area contributed by atoms with E-state index < -0.39 is 0 Å². The van der Waals surface area contributed by atoms with Crippen LogP contribution in [0.4, 0.5) is 0 Å². The predicted molar refractivity (Wildman–Crippen MR) is 77.3 cm³/mol. The zero-order valence-electron chi connectivity index (χ0n) is 12.1. The first kappa shape index (κ1) is 13.7. The number of nitrogens with two attached hydrogens (primary N) is 1. The minimum atomic E-state index is 0.0184. The number of benzene rings is 1. The molecule has 20 heavy (non-hydrogen) atoms. The van der Waals surface area contributed by atoms with Crippen LogP contribution in [-0.4, -0.2) is 32.0 Å². The molecule has 0 unspecified atom stereocenters. The first-order valence-electron chi connectivity index (χ1n) is 7.39. The largest absolute Gasteiger partial charge is 0.493 e. The summed E-state index contributed by atoms with van der Waals surface area (Å²) in [5.74, 6) is 1.63. The average Bonchev–Trinajstić information content (AvgIpc) is 3.18. The van der Waals surface area contributed by atoms with Crippen LogP contribution in [0.2, 0.25) is 0 Å². The highest BCUT2D eigenvalue weighted by Gasteiger charge is 2.38.